The average Bonchev–Trinajstić information content (AvgIpc) is 2.60. The Kier molecular flexibility index (Phi) is 3.56. The molecule has 5 heteroatoms. The van der Waals surface area contributed by atoms with Gasteiger partial charge >= 0.3 is 0 Å². The van der Waals surface area contributed by atoms with Gasteiger partial charge in [0.25, 0.3) is 0 Å². The molecule has 0 saturated carbocycles. The highest BCUT2D eigenvalue weighted by Gasteiger charge is 2.41. The van der Waals surface area contributed by atoms with Gasteiger partial charge in [-0.1, -0.05) is 36.4 Å². The Hall–Kier alpha value is -2.69. The smallest absolute Gasteiger partial charge is 0.246 e. The second-order valence-corrected chi connectivity index (χ2v) is 6.33. The third kappa shape index (κ3) is 2.56. The number of amides is 2. The van der Waals surface area contributed by atoms with E-state index in [1.807, 2.05) is 24.3 Å². The molecule has 2 aromatic carbocycles. The number of carbonyl (C=O) groups is 2. The molecule has 1 unspecified atom stereocenters. The summed E-state index contributed by atoms with van der Waals surface area (Å²) >= 11 is 0. The molecule has 0 radical (unpaired) electrons. The quantitative estimate of drug-likeness (QED) is 0.849. The number of halogens is 1. The molecule has 2 aromatic rings. The van der Waals surface area contributed by atoms with Crippen molar-refractivity contribution in [1.29, 1.82) is 0 Å². The van der Waals surface area contributed by atoms with Crippen LogP contribution >= 0.6 is 0 Å². The summed E-state index contributed by atoms with van der Waals surface area (Å²) in [6, 6.07) is 13.5. The first-order valence-electron chi connectivity index (χ1n) is 8.01. The van der Waals surface area contributed by atoms with Crippen LogP contribution in [0.2, 0.25) is 0 Å². The van der Waals surface area contributed by atoms with Crippen LogP contribution in [0.15, 0.2) is 48.5 Å². The standard InChI is InChI=1S/C19H17FN2O2/c20-16-7-5-13(6-8-16)10-21-12-18(23)22-11-15-4-2-1-3-14(15)9-17(22)19(21)24/h1-8,17H,9-12H2. The molecule has 2 amide bonds. The second-order valence-electron chi connectivity index (χ2n) is 6.33. The summed E-state index contributed by atoms with van der Waals surface area (Å²) in [7, 11) is 0. The molecule has 4 rings (SSSR count). The van der Waals surface area contributed by atoms with E-state index in [-0.39, 0.29) is 24.2 Å². The average molecular weight is 324 g/mol. The van der Waals surface area contributed by atoms with Crippen molar-refractivity contribution in [1.82, 2.24) is 9.80 Å². The van der Waals surface area contributed by atoms with Crippen LogP contribution in [0.1, 0.15) is 16.7 Å². The second kappa shape index (κ2) is 5.74. The highest BCUT2D eigenvalue weighted by Crippen LogP contribution is 2.27. The number of benzene rings is 2. The number of carbonyl (C=O) groups excluding carboxylic acids is 2. The lowest BCUT2D eigenvalue weighted by molar-refractivity contribution is -0.157. The molecule has 0 bridgehead atoms. The molecule has 24 heavy (non-hydrogen) atoms. The van der Waals surface area contributed by atoms with Gasteiger partial charge in [-0.3, -0.25) is 9.59 Å². The minimum atomic E-state index is -0.429. The molecule has 122 valence electrons. The Balaban J connectivity index is 1.57. The van der Waals surface area contributed by atoms with Gasteiger partial charge in [-0.25, -0.2) is 4.39 Å². The lowest BCUT2D eigenvalue weighted by Crippen LogP contribution is -2.61. The summed E-state index contributed by atoms with van der Waals surface area (Å²) in [4.78, 5) is 28.6. The number of rotatable bonds is 2. The summed E-state index contributed by atoms with van der Waals surface area (Å²) in [5.74, 6) is -0.375. The normalized spacial score (nSPS) is 20.0. The van der Waals surface area contributed by atoms with Gasteiger partial charge in [0.15, 0.2) is 0 Å². The predicted octanol–water partition coefficient (Wildman–Crippen LogP) is 2.12. The topological polar surface area (TPSA) is 40.6 Å². The first-order chi connectivity index (χ1) is 11.6. The maximum atomic E-state index is 13.0. The third-order valence-corrected chi connectivity index (χ3v) is 4.78. The van der Waals surface area contributed by atoms with E-state index in [0.717, 1.165) is 16.7 Å². The van der Waals surface area contributed by atoms with Crippen molar-refractivity contribution in [3.8, 4) is 0 Å². The van der Waals surface area contributed by atoms with Gasteiger partial charge in [-0.15, -0.1) is 0 Å². The first kappa shape index (κ1) is 14.9. The molecular formula is C19H17FN2O2. The Morgan fingerprint density at radius 3 is 2.42 bits per heavy atom. The highest BCUT2D eigenvalue weighted by molar-refractivity contribution is 5.95. The summed E-state index contributed by atoms with van der Waals surface area (Å²) in [6.07, 6.45) is 0.556. The fraction of sp³-hybridized carbons (Fsp3) is 0.263. The zero-order valence-electron chi connectivity index (χ0n) is 13.1. The molecule has 1 saturated heterocycles. The van der Waals surface area contributed by atoms with E-state index >= 15 is 0 Å². The number of nitrogens with zero attached hydrogens (tertiary/aromatic N) is 2. The van der Waals surface area contributed by atoms with Crippen molar-refractivity contribution in [3.63, 3.8) is 0 Å². The number of fused-ring (bicyclic) bond motifs is 2. The van der Waals surface area contributed by atoms with E-state index in [1.165, 1.54) is 12.1 Å². The minimum Gasteiger partial charge on any atom is -0.327 e. The molecule has 2 heterocycles. The van der Waals surface area contributed by atoms with Crippen LogP contribution in [-0.2, 0) is 29.1 Å². The molecule has 2 aliphatic heterocycles. The Morgan fingerprint density at radius 1 is 0.958 bits per heavy atom. The van der Waals surface area contributed by atoms with Crippen LogP contribution in [0.25, 0.3) is 0 Å². The lowest BCUT2D eigenvalue weighted by atomic mass is 9.91. The van der Waals surface area contributed by atoms with E-state index < -0.39 is 6.04 Å². The van der Waals surface area contributed by atoms with Crippen LogP contribution in [-0.4, -0.2) is 34.2 Å². The fourth-order valence-electron chi connectivity index (χ4n) is 3.49. The molecule has 4 nitrogen and oxygen atoms in total. The largest absolute Gasteiger partial charge is 0.327 e. The predicted molar refractivity (Wildman–Crippen MR) is 86.3 cm³/mol. The summed E-state index contributed by atoms with van der Waals surface area (Å²) in [5, 5.41) is 0. The monoisotopic (exact) mass is 324 g/mol. The minimum absolute atomic E-state index is 0.0313. The number of piperazine rings is 1. The molecule has 1 fully saturated rings. The zero-order chi connectivity index (χ0) is 16.7. The summed E-state index contributed by atoms with van der Waals surface area (Å²) in [5.41, 5.74) is 3.06. The Morgan fingerprint density at radius 2 is 1.67 bits per heavy atom. The van der Waals surface area contributed by atoms with Crippen LogP contribution in [0.5, 0.6) is 0 Å². The molecule has 0 spiro atoms. The maximum Gasteiger partial charge on any atom is 0.246 e. The van der Waals surface area contributed by atoms with E-state index in [2.05, 4.69) is 0 Å². The number of hydrogen-bond acceptors (Lipinski definition) is 2. The van der Waals surface area contributed by atoms with Gasteiger partial charge in [0.2, 0.25) is 11.8 Å². The van der Waals surface area contributed by atoms with Crippen LogP contribution in [0.3, 0.4) is 0 Å². The molecule has 0 N–H and O–H groups in total. The third-order valence-electron chi connectivity index (χ3n) is 4.78. The fourth-order valence-corrected chi connectivity index (χ4v) is 3.49. The highest BCUT2D eigenvalue weighted by atomic mass is 19.1. The van der Waals surface area contributed by atoms with Gasteiger partial charge in [-0.05, 0) is 28.8 Å². The van der Waals surface area contributed by atoms with Crippen molar-refractivity contribution >= 4 is 11.8 Å². The Labute approximate surface area is 139 Å². The van der Waals surface area contributed by atoms with Crippen molar-refractivity contribution in [2.24, 2.45) is 0 Å². The number of hydrogen-bond donors (Lipinski definition) is 0. The molecular weight excluding hydrogens is 307 g/mol. The van der Waals surface area contributed by atoms with Crippen molar-refractivity contribution < 1.29 is 14.0 Å². The van der Waals surface area contributed by atoms with E-state index in [0.29, 0.717) is 19.5 Å². The lowest BCUT2D eigenvalue weighted by Gasteiger charge is -2.43. The van der Waals surface area contributed by atoms with Crippen molar-refractivity contribution in [2.45, 2.75) is 25.6 Å². The maximum absolute atomic E-state index is 13.0. The molecule has 2 aliphatic rings. The van der Waals surface area contributed by atoms with Gasteiger partial charge in [-0.2, -0.15) is 0 Å². The first-order valence-corrected chi connectivity index (χ1v) is 8.01. The Bertz CT molecular complexity index is 803. The van der Waals surface area contributed by atoms with Gasteiger partial charge in [0.05, 0.1) is 0 Å². The van der Waals surface area contributed by atoms with Gasteiger partial charge in [0, 0.05) is 19.5 Å². The van der Waals surface area contributed by atoms with Crippen molar-refractivity contribution in [3.05, 3.63) is 71.0 Å². The van der Waals surface area contributed by atoms with E-state index in [1.54, 1.807) is 21.9 Å². The van der Waals surface area contributed by atoms with Crippen molar-refractivity contribution in [2.75, 3.05) is 6.54 Å². The van der Waals surface area contributed by atoms with Crippen LogP contribution in [0.4, 0.5) is 4.39 Å². The zero-order valence-corrected chi connectivity index (χ0v) is 13.1. The van der Waals surface area contributed by atoms with Crippen LogP contribution < -0.4 is 0 Å². The molecule has 0 aliphatic carbocycles. The van der Waals surface area contributed by atoms with Gasteiger partial charge in [0.1, 0.15) is 18.4 Å². The summed E-state index contributed by atoms with van der Waals surface area (Å²) < 4.78 is 13.0. The van der Waals surface area contributed by atoms with E-state index in [9.17, 15) is 14.0 Å². The van der Waals surface area contributed by atoms with E-state index in [4.69, 9.17) is 0 Å². The van der Waals surface area contributed by atoms with Crippen LogP contribution in [0, 0.1) is 5.82 Å². The van der Waals surface area contributed by atoms with Gasteiger partial charge < -0.3 is 9.80 Å². The molecule has 1 atom stereocenters. The summed E-state index contributed by atoms with van der Waals surface area (Å²) in [6.45, 7) is 0.904. The molecule has 0 aromatic heterocycles. The SMILES string of the molecule is O=C1C2Cc3ccccc3CN2C(=O)CN1Cc1ccc(F)cc1.